The molecule has 0 saturated heterocycles. The lowest BCUT2D eigenvalue weighted by molar-refractivity contribution is -0.118. The third-order valence-corrected chi connectivity index (χ3v) is 2.47. The number of hydrogen-bond donors (Lipinski definition) is 2. The molecule has 0 bridgehead atoms. The van der Waals surface area contributed by atoms with Crippen LogP contribution in [0.25, 0.3) is 5.82 Å². The van der Waals surface area contributed by atoms with Gasteiger partial charge in [0.05, 0.1) is 18.5 Å². The third kappa shape index (κ3) is 5.31. The minimum Gasteiger partial charge on any atom is -0.383 e. The lowest BCUT2D eigenvalue weighted by Gasteiger charge is -2.11. The molecule has 0 aliphatic carbocycles. The average molecular weight is 334 g/mol. The van der Waals surface area contributed by atoms with Gasteiger partial charge in [0.1, 0.15) is 18.2 Å². The fourth-order valence-corrected chi connectivity index (χ4v) is 1.50. The molecular weight excluding hydrogens is 317 g/mol. The van der Waals surface area contributed by atoms with Gasteiger partial charge in [0.15, 0.2) is 0 Å². The number of carbonyl (C=O) groups is 1. The molecule has 0 saturated carbocycles. The van der Waals surface area contributed by atoms with Crippen LogP contribution in [-0.4, -0.2) is 40.2 Å². The summed E-state index contributed by atoms with van der Waals surface area (Å²) >= 11 is 0. The summed E-state index contributed by atoms with van der Waals surface area (Å²) in [6.07, 6.45) is 6.66. The van der Waals surface area contributed by atoms with E-state index in [1.807, 2.05) is 0 Å². The van der Waals surface area contributed by atoms with Crippen LogP contribution in [0.5, 0.6) is 0 Å². The molecule has 2 aromatic heterocycles. The molecule has 0 aromatic carbocycles. The van der Waals surface area contributed by atoms with E-state index in [0.717, 1.165) is 5.82 Å². The van der Waals surface area contributed by atoms with Crippen LogP contribution in [0.2, 0.25) is 0 Å². The number of nitrogens with two attached hydrogens (primary N) is 1. The molecule has 2 aromatic rings. The van der Waals surface area contributed by atoms with E-state index in [2.05, 4.69) is 15.3 Å². The van der Waals surface area contributed by atoms with E-state index in [1.165, 1.54) is 7.11 Å². The van der Waals surface area contributed by atoms with Gasteiger partial charge in [-0.2, -0.15) is 0 Å². The highest BCUT2D eigenvalue weighted by molar-refractivity contribution is 5.94. The molecule has 0 aliphatic rings. The molecule has 9 heteroatoms. The number of halogens is 2. The van der Waals surface area contributed by atoms with Crippen LogP contribution in [0.15, 0.2) is 37.1 Å². The number of carbonyl (C=O) groups excluding carboxylic acids is 1. The van der Waals surface area contributed by atoms with Crippen LogP contribution >= 0.6 is 24.8 Å². The maximum Gasteiger partial charge on any atom is 0.243 e. The summed E-state index contributed by atoms with van der Waals surface area (Å²) in [5.74, 6) is 0.413. The predicted molar refractivity (Wildman–Crippen MR) is 84.3 cm³/mol. The van der Waals surface area contributed by atoms with Gasteiger partial charge in [0.25, 0.3) is 0 Å². The van der Waals surface area contributed by atoms with E-state index in [1.54, 1.807) is 41.6 Å². The largest absolute Gasteiger partial charge is 0.383 e. The second-order valence-corrected chi connectivity index (χ2v) is 3.93. The normalized spacial score (nSPS) is 11.0. The topological polar surface area (TPSA) is 95.1 Å². The lowest BCUT2D eigenvalue weighted by atomic mass is 10.3. The van der Waals surface area contributed by atoms with Crippen LogP contribution in [-0.2, 0) is 9.53 Å². The maximum atomic E-state index is 11.7. The molecule has 0 fully saturated rings. The van der Waals surface area contributed by atoms with E-state index >= 15 is 0 Å². The number of nitrogens with one attached hydrogen (secondary N) is 1. The summed E-state index contributed by atoms with van der Waals surface area (Å²) in [6.45, 7) is 0.173. The zero-order chi connectivity index (χ0) is 13.7. The average Bonchev–Trinajstić information content (AvgIpc) is 2.94. The Kier molecular flexibility index (Phi) is 8.56. The molecule has 0 radical (unpaired) electrons. The first-order chi connectivity index (χ1) is 9.20. The SMILES string of the molecule is COCC(N)C(=O)Nc1ccc(-n2ccnc2)nc1.Cl.Cl. The quantitative estimate of drug-likeness (QED) is 0.851. The molecule has 2 rings (SSSR count). The van der Waals surface area contributed by atoms with Crippen molar-refractivity contribution >= 4 is 36.4 Å². The number of methoxy groups -OCH3 is 1. The highest BCUT2D eigenvalue weighted by Gasteiger charge is 2.13. The van der Waals surface area contributed by atoms with Crippen molar-refractivity contribution in [1.82, 2.24) is 14.5 Å². The Labute approximate surface area is 134 Å². The Bertz CT molecular complexity index is 533. The molecular formula is C12H17Cl2N5O2. The Morgan fingerprint density at radius 3 is 2.76 bits per heavy atom. The number of ether oxygens (including phenoxy) is 1. The van der Waals surface area contributed by atoms with Crippen LogP contribution < -0.4 is 11.1 Å². The van der Waals surface area contributed by atoms with E-state index in [0.29, 0.717) is 5.69 Å². The van der Waals surface area contributed by atoms with Crippen LogP contribution in [0.3, 0.4) is 0 Å². The van der Waals surface area contributed by atoms with Gasteiger partial charge in [-0.15, -0.1) is 24.8 Å². The van der Waals surface area contributed by atoms with Crippen molar-refractivity contribution in [3.63, 3.8) is 0 Å². The minimum atomic E-state index is -0.696. The number of rotatable bonds is 5. The molecule has 2 heterocycles. The zero-order valence-electron chi connectivity index (χ0n) is 11.3. The number of nitrogens with zero attached hydrogens (tertiary/aromatic N) is 3. The van der Waals surface area contributed by atoms with E-state index in [9.17, 15) is 4.79 Å². The summed E-state index contributed by atoms with van der Waals surface area (Å²) < 4.78 is 6.58. The van der Waals surface area contributed by atoms with Crippen molar-refractivity contribution in [2.75, 3.05) is 19.0 Å². The molecule has 0 spiro atoms. The van der Waals surface area contributed by atoms with E-state index in [4.69, 9.17) is 10.5 Å². The molecule has 0 aliphatic heterocycles. The van der Waals surface area contributed by atoms with Crippen molar-refractivity contribution in [2.24, 2.45) is 5.73 Å². The summed E-state index contributed by atoms with van der Waals surface area (Å²) in [5.41, 5.74) is 6.20. The molecule has 3 N–H and O–H groups in total. The number of anilines is 1. The number of imidazole rings is 1. The zero-order valence-corrected chi connectivity index (χ0v) is 12.9. The van der Waals surface area contributed by atoms with Crippen molar-refractivity contribution in [2.45, 2.75) is 6.04 Å². The third-order valence-electron chi connectivity index (χ3n) is 2.47. The number of amides is 1. The molecule has 21 heavy (non-hydrogen) atoms. The first-order valence-corrected chi connectivity index (χ1v) is 5.70. The summed E-state index contributed by atoms with van der Waals surface area (Å²) in [7, 11) is 1.49. The fourth-order valence-electron chi connectivity index (χ4n) is 1.50. The summed E-state index contributed by atoms with van der Waals surface area (Å²) in [6, 6.07) is 2.83. The first kappa shape index (κ1) is 19.3. The number of pyridine rings is 1. The van der Waals surface area contributed by atoms with E-state index < -0.39 is 6.04 Å². The molecule has 1 amide bonds. The van der Waals surface area contributed by atoms with E-state index in [-0.39, 0.29) is 37.3 Å². The van der Waals surface area contributed by atoms with Gasteiger partial charge >= 0.3 is 0 Å². The fraction of sp³-hybridized carbons (Fsp3) is 0.250. The van der Waals surface area contributed by atoms with Gasteiger partial charge in [0.2, 0.25) is 5.91 Å². The highest BCUT2D eigenvalue weighted by Crippen LogP contribution is 2.09. The molecule has 1 atom stereocenters. The lowest BCUT2D eigenvalue weighted by Crippen LogP contribution is -2.39. The summed E-state index contributed by atoms with van der Waals surface area (Å²) in [4.78, 5) is 19.8. The van der Waals surface area contributed by atoms with Crippen molar-refractivity contribution in [3.8, 4) is 5.82 Å². The van der Waals surface area contributed by atoms with Crippen LogP contribution in [0.1, 0.15) is 0 Å². The Balaban J connectivity index is 0.00000200. The number of hydrogen-bond acceptors (Lipinski definition) is 5. The minimum absolute atomic E-state index is 0. The number of aromatic nitrogens is 3. The highest BCUT2D eigenvalue weighted by atomic mass is 35.5. The van der Waals surface area contributed by atoms with Gasteiger partial charge in [0, 0.05) is 19.5 Å². The first-order valence-electron chi connectivity index (χ1n) is 5.70. The van der Waals surface area contributed by atoms with Gasteiger partial charge in [-0.05, 0) is 12.1 Å². The Morgan fingerprint density at radius 2 is 2.24 bits per heavy atom. The predicted octanol–water partition coefficient (Wildman–Crippen LogP) is 1.02. The molecule has 116 valence electrons. The van der Waals surface area contributed by atoms with Crippen molar-refractivity contribution < 1.29 is 9.53 Å². The standard InChI is InChI=1S/C12H15N5O2.2ClH/c1-19-7-10(13)12(18)16-9-2-3-11(15-6-9)17-5-4-14-8-17;;/h2-6,8,10H,7,13H2,1H3,(H,16,18);2*1H. The van der Waals surface area contributed by atoms with Crippen molar-refractivity contribution in [1.29, 1.82) is 0 Å². The summed E-state index contributed by atoms with van der Waals surface area (Å²) in [5, 5.41) is 2.67. The maximum absolute atomic E-state index is 11.7. The van der Waals surface area contributed by atoms with Crippen LogP contribution in [0.4, 0.5) is 5.69 Å². The molecule has 7 nitrogen and oxygen atoms in total. The van der Waals surface area contributed by atoms with Gasteiger partial charge < -0.3 is 15.8 Å². The molecule has 1 unspecified atom stereocenters. The van der Waals surface area contributed by atoms with Crippen LogP contribution in [0, 0.1) is 0 Å². The van der Waals surface area contributed by atoms with Crippen molar-refractivity contribution in [3.05, 3.63) is 37.1 Å². The second kappa shape index (κ2) is 9.30. The van der Waals surface area contributed by atoms with Gasteiger partial charge in [-0.1, -0.05) is 0 Å². The van der Waals surface area contributed by atoms with Gasteiger partial charge in [-0.25, -0.2) is 9.97 Å². The van der Waals surface area contributed by atoms with Gasteiger partial charge in [-0.3, -0.25) is 9.36 Å². The second-order valence-electron chi connectivity index (χ2n) is 3.93. The monoisotopic (exact) mass is 333 g/mol. The smallest absolute Gasteiger partial charge is 0.243 e. The Morgan fingerprint density at radius 1 is 1.48 bits per heavy atom. The Hall–Kier alpha value is -1.67.